The first kappa shape index (κ1) is 18.8. The molecule has 6 heteroatoms. The van der Waals surface area contributed by atoms with Crippen molar-refractivity contribution in [1.82, 2.24) is 4.98 Å². The number of ether oxygens (including phenoxy) is 1. The number of carbonyl (C=O) groups is 1. The monoisotopic (exact) mass is 389 g/mol. The Morgan fingerprint density at radius 1 is 1.00 bits per heavy atom. The van der Waals surface area contributed by atoms with Gasteiger partial charge in [-0.2, -0.15) is 0 Å². The van der Waals surface area contributed by atoms with Gasteiger partial charge in [-0.15, -0.1) is 0 Å². The van der Waals surface area contributed by atoms with Crippen molar-refractivity contribution >= 4 is 23.2 Å². The Hall–Kier alpha value is -3.54. The van der Waals surface area contributed by atoms with Crippen LogP contribution in [0.1, 0.15) is 13.8 Å². The van der Waals surface area contributed by atoms with Gasteiger partial charge in [0.2, 0.25) is 0 Å². The van der Waals surface area contributed by atoms with Crippen LogP contribution in [0.3, 0.4) is 0 Å². The van der Waals surface area contributed by atoms with Gasteiger partial charge < -0.3 is 14.7 Å². The lowest BCUT2D eigenvalue weighted by atomic mass is 10.1. The average Bonchev–Trinajstić information content (AvgIpc) is 2.73. The number of benzene rings is 2. The summed E-state index contributed by atoms with van der Waals surface area (Å²) < 4.78 is 5.65. The maximum absolute atomic E-state index is 11.5. The fourth-order valence-electron chi connectivity index (χ4n) is 3.53. The molecule has 0 aliphatic carbocycles. The van der Waals surface area contributed by atoms with Crippen LogP contribution in [-0.4, -0.2) is 35.4 Å². The first-order chi connectivity index (χ1) is 14.0. The number of fused-ring (bicyclic) bond motifs is 1. The molecule has 1 N–H and O–H groups in total. The highest BCUT2D eigenvalue weighted by Crippen LogP contribution is 2.38. The summed E-state index contributed by atoms with van der Waals surface area (Å²) in [4.78, 5) is 19.6. The predicted octanol–water partition coefficient (Wildman–Crippen LogP) is 5.17. The van der Waals surface area contributed by atoms with Gasteiger partial charge in [-0.05, 0) is 50.2 Å². The number of carboxylic acid groups (broad SMARTS) is 1. The molecular weight excluding hydrogens is 366 g/mol. The minimum atomic E-state index is -0.927. The minimum absolute atomic E-state index is 0.117. The highest BCUT2D eigenvalue weighted by Gasteiger charge is 2.26. The Morgan fingerprint density at radius 3 is 2.34 bits per heavy atom. The fourth-order valence-corrected chi connectivity index (χ4v) is 3.53. The number of anilines is 3. The van der Waals surface area contributed by atoms with Gasteiger partial charge in [0.25, 0.3) is 0 Å². The molecule has 0 unspecified atom stereocenters. The maximum atomic E-state index is 11.5. The number of hydrogen-bond donors (Lipinski definition) is 1. The summed E-state index contributed by atoms with van der Waals surface area (Å²) in [6.07, 6.45) is 0.930. The van der Waals surface area contributed by atoms with Crippen LogP contribution < -0.4 is 14.5 Å². The Morgan fingerprint density at radius 2 is 1.72 bits per heavy atom. The summed E-state index contributed by atoms with van der Waals surface area (Å²) in [5, 5.41) is 9.46. The lowest BCUT2D eigenvalue weighted by Gasteiger charge is -2.36. The Balaban J connectivity index is 1.58. The molecule has 0 saturated carbocycles. The topological polar surface area (TPSA) is 65.9 Å². The highest BCUT2D eigenvalue weighted by atomic mass is 16.5. The third kappa shape index (κ3) is 3.87. The summed E-state index contributed by atoms with van der Waals surface area (Å²) in [7, 11) is 0. The molecule has 4 rings (SSSR count). The number of para-hydroxylation sites is 2. The minimum Gasteiger partial charge on any atom is -0.489 e. The van der Waals surface area contributed by atoms with E-state index in [4.69, 9.17) is 4.74 Å². The largest absolute Gasteiger partial charge is 0.489 e. The Labute approximate surface area is 170 Å². The fraction of sp³-hybridized carbons (Fsp3) is 0.217. The van der Waals surface area contributed by atoms with E-state index >= 15 is 0 Å². The van der Waals surface area contributed by atoms with Crippen molar-refractivity contribution in [1.29, 1.82) is 0 Å². The van der Waals surface area contributed by atoms with E-state index in [1.807, 2.05) is 74.5 Å². The second-order valence-corrected chi connectivity index (χ2v) is 7.17. The van der Waals surface area contributed by atoms with Crippen LogP contribution in [0, 0.1) is 0 Å². The van der Waals surface area contributed by atoms with Crippen molar-refractivity contribution < 1.29 is 14.6 Å². The molecular formula is C23H23N3O3. The molecule has 1 aromatic heterocycles. The van der Waals surface area contributed by atoms with Gasteiger partial charge in [-0.3, -0.25) is 9.88 Å². The van der Waals surface area contributed by atoms with Gasteiger partial charge in [-0.25, -0.2) is 4.79 Å². The molecule has 6 nitrogen and oxygen atoms in total. The standard InChI is InChI=1S/C23H23N3O3/c1-16(2)29-19-11-12-20(24-15-19)17-7-9-18(10-8-17)25-13-14-26(23(27)28)22-6-4-3-5-21(22)25/h3-12,15-16H,13-14H2,1-2H3,(H,27,28). The van der Waals surface area contributed by atoms with E-state index in [0.29, 0.717) is 18.8 Å². The molecule has 1 aliphatic heterocycles. The summed E-state index contributed by atoms with van der Waals surface area (Å²) in [5.74, 6) is 0.758. The number of pyridine rings is 1. The normalized spacial score (nSPS) is 13.3. The van der Waals surface area contributed by atoms with Crippen LogP contribution >= 0.6 is 0 Å². The molecule has 2 aromatic carbocycles. The lowest BCUT2D eigenvalue weighted by molar-refractivity contribution is 0.201. The molecule has 0 radical (unpaired) electrons. The van der Waals surface area contributed by atoms with E-state index in [2.05, 4.69) is 9.88 Å². The molecule has 0 fully saturated rings. The summed E-state index contributed by atoms with van der Waals surface area (Å²) in [6.45, 7) is 5.00. The molecule has 148 valence electrons. The average molecular weight is 389 g/mol. The summed E-state index contributed by atoms with van der Waals surface area (Å²) >= 11 is 0. The number of hydrogen-bond acceptors (Lipinski definition) is 4. The van der Waals surface area contributed by atoms with Gasteiger partial charge in [0.1, 0.15) is 5.75 Å². The second kappa shape index (κ2) is 7.83. The van der Waals surface area contributed by atoms with Gasteiger partial charge in [0.15, 0.2) is 0 Å². The van der Waals surface area contributed by atoms with Crippen LogP contribution in [0.4, 0.5) is 21.9 Å². The Bertz CT molecular complexity index is 1000. The van der Waals surface area contributed by atoms with E-state index < -0.39 is 6.09 Å². The van der Waals surface area contributed by atoms with Gasteiger partial charge in [-0.1, -0.05) is 24.3 Å². The van der Waals surface area contributed by atoms with Crippen LogP contribution in [0.2, 0.25) is 0 Å². The smallest absolute Gasteiger partial charge is 0.411 e. The van der Waals surface area contributed by atoms with E-state index in [1.165, 1.54) is 4.90 Å². The zero-order chi connectivity index (χ0) is 20.4. The van der Waals surface area contributed by atoms with Crippen LogP contribution in [-0.2, 0) is 0 Å². The number of amides is 1. The lowest BCUT2D eigenvalue weighted by Crippen LogP contribution is -2.41. The van der Waals surface area contributed by atoms with E-state index in [9.17, 15) is 9.90 Å². The molecule has 0 spiro atoms. The van der Waals surface area contributed by atoms with Gasteiger partial charge >= 0.3 is 6.09 Å². The van der Waals surface area contributed by atoms with E-state index in [0.717, 1.165) is 28.4 Å². The third-order valence-corrected chi connectivity index (χ3v) is 4.82. The van der Waals surface area contributed by atoms with Crippen molar-refractivity contribution in [2.45, 2.75) is 20.0 Å². The SMILES string of the molecule is CC(C)Oc1ccc(-c2ccc(N3CCN(C(=O)O)c4ccccc43)cc2)nc1. The van der Waals surface area contributed by atoms with Crippen LogP contribution in [0.5, 0.6) is 5.75 Å². The van der Waals surface area contributed by atoms with Crippen molar-refractivity contribution in [3.05, 3.63) is 66.9 Å². The Kier molecular flexibility index (Phi) is 5.08. The van der Waals surface area contributed by atoms with Gasteiger partial charge in [0, 0.05) is 24.3 Å². The molecule has 29 heavy (non-hydrogen) atoms. The quantitative estimate of drug-likeness (QED) is 0.667. The molecule has 3 aromatic rings. The molecule has 0 atom stereocenters. The molecule has 2 heterocycles. The maximum Gasteiger partial charge on any atom is 0.411 e. The third-order valence-electron chi connectivity index (χ3n) is 4.82. The first-order valence-corrected chi connectivity index (χ1v) is 9.63. The van der Waals surface area contributed by atoms with Crippen molar-refractivity contribution in [3.8, 4) is 17.0 Å². The van der Waals surface area contributed by atoms with Crippen LogP contribution in [0.15, 0.2) is 66.9 Å². The summed E-state index contributed by atoms with van der Waals surface area (Å²) in [5.41, 5.74) is 4.51. The first-order valence-electron chi connectivity index (χ1n) is 9.63. The van der Waals surface area contributed by atoms with Crippen molar-refractivity contribution in [2.24, 2.45) is 0 Å². The number of rotatable bonds is 4. The number of aromatic nitrogens is 1. The molecule has 0 saturated heterocycles. The predicted molar refractivity (Wildman–Crippen MR) is 114 cm³/mol. The van der Waals surface area contributed by atoms with E-state index in [-0.39, 0.29) is 6.10 Å². The summed E-state index contributed by atoms with van der Waals surface area (Å²) in [6, 6.07) is 19.6. The van der Waals surface area contributed by atoms with Gasteiger partial charge in [0.05, 0.1) is 29.4 Å². The van der Waals surface area contributed by atoms with Crippen molar-refractivity contribution in [2.75, 3.05) is 22.9 Å². The van der Waals surface area contributed by atoms with Crippen LogP contribution in [0.25, 0.3) is 11.3 Å². The van der Waals surface area contributed by atoms with E-state index in [1.54, 1.807) is 6.20 Å². The number of nitrogens with zero attached hydrogens (tertiary/aromatic N) is 3. The molecule has 1 aliphatic rings. The highest BCUT2D eigenvalue weighted by molar-refractivity contribution is 5.94. The zero-order valence-corrected chi connectivity index (χ0v) is 16.4. The second-order valence-electron chi connectivity index (χ2n) is 7.17. The zero-order valence-electron chi connectivity index (χ0n) is 16.4. The molecule has 0 bridgehead atoms. The molecule has 1 amide bonds. The van der Waals surface area contributed by atoms with Crippen molar-refractivity contribution in [3.63, 3.8) is 0 Å².